The smallest absolute Gasteiger partial charge is 0.258 e. The highest BCUT2D eigenvalue weighted by molar-refractivity contribution is 7.80. The van der Waals surface area contributed by atoms with E-state index in [0.29, 0.717) is 22.2 Å². The minimum Gasteiger partial charge on any atom is -0.361 e. The number of halogens is 2. The lowest BCUT2D eigenvalue weighted by Gasteiger charge is -2.18. The fraction of sp³-hybridized carbons (Fsp3) is 0.429. The fourth-order valence-electron chi connectivity index (χ4n) is 1.76. The lowest BCUT2D eigenvalue weighted by molar-refractivity contribution is 0.0977. The van der Waals surface area contributed by atoms with Crippen LogP contribution in [0, 0.1) is 0 Å². The molecule has 0 aromatic heterocycles. The highest BCUT2D eigenvalue weighted by Crippen LogP contribution is 2.20. The number of likely N-dealkylation sites (N-methyl/N-ethyl adjacent to an activating group) is 1. The predicted octanol–water partition coefficient (Wildman–Crippen LogP) is 2.94. The van der Waals surface area contributed by atoms with E-state index >= 15 is 0 Å². The van der Waals surface area contributed by atoms with Gasteiger partial charge in [-0.05, 0) is 43.5 Å². The Morgan fingerprint density at radius 1 is 1.29 bits per heavy atom. The van der Waals surface area contributed by atoms with Gasteiger partial charge in [-0.1, -0.05) is 37.0 Å². The van der Waals surface area contributed by atoms with Crippen LogP contribution in [0.1, 0.15) is 24.2 Å². The molecule has 4 nitrogen and oxygen atoms in total. The molecule has 21 heavy (non-hydrogen) atoms. The van der Waals surface area contributed by atoms with Crippen molar-refractivity contribution in [2.75, 3.05) is 26.2 Å². The normalized spacial score (nSPS) is 10.5. The Kier molecular flexibility index (Phi) is 7.96. The summed E-state index contributed by atoms with van der Waals surface area (Å²) in [5, 5.41) is 6.67. The molecule has 2 N–H and O–H groups in total. The summed E-state index contributed by atoms with van der Waals surface area (Å²) in [6, 6.07) is 4.70. The Hall–Kier alpha value is -0.880. The van der Waals surface area contributed by atoms with Crippen molar-refractivity contribution in [1.82, 2.24) is 15.5 Å². The van der Waals surface area contributed by atoms with E-state index < -0.39 is 0 Å². The summed E-state index contributed by atoms with van der Waals surface area (Å²) in [5.74, 6) is -0.350. The van der Waals surface area contributed by atoms with Crippen LogP contribution >= 0.6 is 35.4 Å². The molecule has 0 aliphatic rings. The van der Waals surface area contributed by atoms with Gasteiger partial charge in [-0.2, -0.15) is 0 Å². The number of carbonyl (C=O) groups excluding carboxylic acids is 1. The first kappa shape index (κ1) is 18.2. The number of carbonyl (C=O) groups is 1. The molecule has 0 atom stereocenters. The number of thiocarbonyl (C=S) groups is 1. The van der Waals surface area contributed by atoms with Gasteiger partial charge >= 0.3 is 0 Å². The Labute approximate surface area is 140 Å². The molecular weight excluding hydrogens is 329 g/mol. The van der Waals surface area contributed by atoms with Crippen LogP contribution in [0.3, 0.4) is 0 Å². The van der Waals surface area contributed by atoms with Crippen molar-refractivity contribution in [3.05, 3.63) is 33.8 Å². The second kappa shape index (κ2) is 9.20. The molecule has 1 amide bonds. The van der Waals surface area contributed by atoms with Crippen molar-refractivity contribution < 1.29 is 4.79 Å². The maximum Gasteiger partial charge on any atom is 0.258 e. The topological polar surface area (TPSA) is 44.4 Å². The predicted molar refractivity (Wildman–Crippen MR) is 92.3 cm³/mol. The van der Waals surface area contributed by atoms with Gasteiger partial charge in [0.25, 0.3) is 5.91 Å². The Bertz CT molecular complexity index is 507. The van der Waals surface area contributed by atoms with Crippen molar-refractivity contribution in [3.63, 3.8) is 0 Å². The number of hydrogen-bond donors (Lipinski definition) is 2. The molecule has 0 bridgehead atoms. The highest BCUT2D eigenvalue weighted by atomic mass is 35.5. The molecule has 0 fully saturated rings. The zero-order valence-electron chi connectivity index (χ0n) is 12.1. The van der Waals surface area contributed by atoms with Gasteiger partial charge in [0.2, 0.25) is 0 Å². The van der Waals surface area contributed by atoms with Crippen LogP contribution in [-0.4, -0.2) is 42.1 Å². The summed E-state index contributed by atoms with van der Waals surface area (Å²) in [4.78, 5) is 14.3. The Morgan fingerprint density at radius 2 is 1.95 bits per heavy atom. The number of nitrogens with one attached hydrogen (secondary N) is 2. The van der Waals surface area contributed by atoms with Crippen LogP contribution in [0.2, 0.25) is 10.0 Å². The summed E-state index contributed by atoms with van der Waals surface area (Å²) in [7, 11) is 0. The number of amides is 1. The second-order valence-corrected chi connectivity index (χ2v) is 5.61. The summed E-state index contributed by atoms with van der Waals surface area (Å²) >= 11 is 16.9. The van der Waals surface area contributed by atoms with Crippen LogP contribution in [0.5, 0.6) is 0 Å². The van der Waals surface area contributed by atoms with Gasteiger partial charge in [0.15, 0.2) is 5.11 Å². The third-order valence-corrected chi connectivity index (χ3v) is 3.81. The molecule has 1 aromatic rings. The lowest BCUT2D eigenvalue weighted by atomic mass is 10.2. The molecule has 1 aromatic carbocycles. The monoisotopic (exact) mass is 347 g/mol. The van der Waals surface area contributed by atoms with Gasteiger partial charge in [-0.3, -0.25) is 10.1 Å². The van der Waals surface area contributed by atoms with Gasteiger partial charge in [0.05, 0.1) is 10.6 Å². The molecule has 0 saturated carbocycles. The molecule has 7 heteroatoms. The van der Waals surface area contributed by atoms with Crippen molar-refractivity contribution >= 4 is 46.4 Å². The van der Waals surface area contributed by atoms with E-state index in [0.717, 1.165) is 19.6 Å². The molecule has 0 unspecified atom stereocenters. The molecule has 0 aliphatic carbocycles. The largest absolute Gasteiger partial charge is 0.361 e. The van der Waals surface area contributed by atoms with Crippen LogP contribution in [-0.2, 0) is 0 Å². The third-order valence-electron chi connectivity index (χ3n) is 3.01. The zero-order valence-corrected chi connectivity index (χ0v) is 14.4. The maximum absolute atomic E-state index is 12.0. The quantitative estimate of drug-likeness (QED) is 0.776. The zero-order chi connectivity index (χ0) is 15.8. The summed E-state index contributed by atoms with van der Waals surface area (Å²) in [6.45, 7) is 7.72. The van der Waals surface area contributed by atoms with Crippen LogP contribution in [0.25, 0.3) is 0 Å². The van der Waals surface area contributed by atoms with E-state index in [1.165, 1.54) is 6.07 Å². The van der Waals surface area contributed by atoms with E-state index in [2.05, 4.69) is 29.4 Å². The average Bonchev–Trinajstić information content (AvgIpc) is 2.43. The average molecular weight is 348 g/mol. The van der Waals surface area contributed by atoms with E-state index in [1.807, 2.05) is 0 Å². The van der Waals surface area contributed by atoms with E-state index in [-0.39, 0.29) is 11.0 Å². The fourth-order valence-corrected chi connectivity index (χ4v) is 2.44. The molecule has 1 rings (SSSR count). The summed E-state index contributed by atoms with van der Waals surface area (Å²) < 4.78 is 0. The first-order valence-electron chi connectivity index (χ1n) is 6.74. The van der Waals surface area contributed by atoms with Crippen LogP contribution in [0.15, 0.2) is 18.2 Å². The van der Waals surface area contributed by atoms with Crippen LogP contribution in [0.4, 0.5) is 0 Å². The van der Waals surface area contributed by atoms with Crippen molar-refractivity contribution in [2.45, 2.75) is 13.8 Å². The molecule has 116 valence electrons. The van der Waals surface area contributed by atoms with Crippen molar-refractivity contribution in [2.24, 2.45) is 0 Å². The number of rotatable bonds is 6. The lowest BCUT2D eigenvalue weighted by Crippen LogP contribution is -2.42. The Balaban J connectivity index is 2.45. The first-order valence-corrected chi connectivity index (χ1v) is 7.90. The van der Waals surface area contributed by atoms with E-state index in [9.17, 15) is 4.79 Å². The third kappa shape index (κ3) is 6.18. The summed E-state index contributed by atoms with van der Waals surface area (Å²) in [5.41, 5.74) is 0.342. The number of benzene rings is 1. The minimum absolute atomic E-state index is 0.290. The van der Waals surface area contributed by atoms with Gasteiger partial charge in [0, 0.05) is 18.1 Å². The second-order valence-electron chi connectivity index (χ2n) is 4.36. The van der Waals surface area contributed by atoms with Gasteiger partial charge in [-0.15, -0.1) is 0 Å². The highest BCUT2D eigenvalue weighted by Gasteiger charge is 2.12. The number of hydrogen-bond acceptors (Lipinski definition) is 3. The molecule has 0 heterocycles. The van der Waals surface area contributed by atoms with Crippen molar-refractivity contribution in [1.29, 1.82) is 0 Å². The van der Waals surface area contributed by atoms with E-state index in [4.69, 9.17) is 35.4 Å². The molecule has 0 radical (unpaired) electrons. The minimum atomic E-state index is -0.350. The maximum atomic E-state index is 12.0. The molecule has 0 spiro atoms. The standard InChI is InChI=1S/C14H19Cl2N3OS/c1-3-19(4-2)8-7-17-14(21)18-13(20)11-6-5-10(15)9-12(11)16/h5-6,9H,3-4,7-8H2,1-2H3,(H2,17,18,20,21). The molecule has 0 aliphatic heterocycles. The van der Waals surface area contributed by atoms with E-state index in [1.54, 1.807) is 12.1 Å². The van der Waals surface area contributed by atoms with Gasteiger partial charge in [-0.25, -0.2) is 0 Å². The first-order chi connectivity index (χ1) is 9.97. The van der Waals surface area contributed by atoms with Gasteiger partial charge in [0.1, 0.15) is 0 Å². The summed E-state index contributed by atoms with van der Waals surface area (Å²) in [6.07, 6.45) is 0. The number of nitrogens with zero attached hydrogens (tertiary/aromatic N) is 1. The SMILES string of the molecule is CCN(CC)CCNC(=S)NC(=O)c1ccc(Cl)cc1Cl. The van der Waals surface area contributed by atoms with Crippen LogP contribution < -0.4 is 10.6 Å². The van der Waals surface area contributed by atoms with Gasteiger partial charge < -0.3 is 10.2 Å². The Morgan fingerprint density at radius 3 is 2.52 bits per heavy atom. The molecular formula is C14H19Cl2N3OS. The van der Waals surface area contributed by atoms with Crippen molar-refractivity contribution in [3.8, 4) is 0 Å². The molecule has 0 saturated heterocycles.